The maximum atomic E-state index is 8.93. The lowest BCUT2D eigenvalue weighted by molar-refractivity contribution is 0.305. The molecule has 0 aromatic heterocycles. The Morgan fingerprint density at radius 2 is 1.83 bits per heavy atom. The van der Waals surface area contributed by atoms with Gasteiger partial charge in [0.1, 0.15) is 18.4 Å². The van der Waals surface area contributed by atoms with Crippen molar-refractivity contribution < 1.29 is 4.74 Å². The van der Waals surface area contributed by atoms with Gasteiger partial charge in [-0.15, -0.1) is 0 Å². The Morgan fingerprint density at radius 3 is 2.56 bits per heavy atom. The van der Waals surface area contributed by atoms with Crippen LogP contribution in [0.15, 0.2) is 42.5 Å². The lowest BCUT2D eigenvalue weighted by atomic mass is 10.2. The molecule has 0 saturated heterocycles. The maximum Gasteiger partial charge on any atom is 0.137 e. The Bertz CT molecular complexity index is 605. The molecule has 0 spiro atoms. The second-order valence-electron chi connectivity index (χ2n) is 3.65. The van der Waals surface area contributed by atoms with E-state index in [1.807, 2.05) is 12.1 Å². The Labute approximate surface area is 115 Å². The Balaban J connectivity index is 2.12. The van der Waals surface area contributed by atoms with Crippen LogP contribution < -0.4 is 4.74 Å². The smallest absolute Gasteiger partial charge is 0.137 e. The van der Waals surface area contributed by atoms with Crippen molar-refractivity contribution >= 4 is 23.2 Å². The lowest BCUT2D eigenvalue weighted by Crippen LogP contribution is -1.97. The summed E-state index contributed by atoms with van der Waals surface area (Å²) in [5, 5.41) is 9.93. The third kappa shape index (κ3) is 2.95. The number of nitrogens with zero attached hydrogens (tertiary/aromatic N) is 1. The van der Waals surface area contributed by atoms with Crippen molar-refractivity contribution in [2.45, 2.75) is 6.61 Å². The number of ether oxygens (including phenoxy) is 1. The number of nitriles is 1. The zero-order chi connectivity index (χ0) is 13.0. The summed E-state index contributed by atoms with van der Waals surface area (Å²) in [5.41, 5.74) is 1.41. The topological polar surface area (TPSA) is 33.0 Å². The van der Waals surface area contributed by atoms with Crippen molar-refractivity contribution in [1.82, 2.24) is 0 Å². The third-order valence-electron chi connectivity index (χ3n) is 2.39. The van der Waals surface area contributed by atoms with Gasteiger partial charge >= 0.3 is 0 Å². The van der Waals surface area contributed by atoms with E-state index in [-0.39, 0.29) is 0 Å². The average Bonchev–Trinajstić information content (AvgIpc) is 2.40. The molecule has 0 amide bonds. The van der Waals surface area contributed by atoms with Crippen LogP contribution in [-0.4, -0.2) is 0 Å². The predicted molar refractivity (Wildman–Crippen MR) is 72.0 cm³/mol. The van der Waals surface area contributed by atoms with Crippen molar-refractivity contribution in [2.75, 3.05) is 0 Å². The zero-order valence-corrected chi connectivity index (χ0v) is 10.9. The molecular weight excluding hydrogens is 269 g/mol. The molecule has 0 radical (unpaired) electrons. The summed E-state index contributed by atoms with van der Waals surface area (Å²) < 4.78 is 5.58. The molecule has 4 heteroatoms. The first-order chi connectivity index (χ1) is 8.70. The molecule has 0 heterocycles. The normalized spacial score (nSPS) is 9.83. The zero-order valence-electron chi connectivity index (χ0n) is 9.36. The van der Waals surface area contributed by atoms with Gasteiger partial charge < -0.3 is 4.74 Å². The van der Waals surface area contributed by atoms with Gasteiger partial charge in [0.15, 0.2) is 0 Å². The van der Waals surface area contributed by atoms with Crippen LogP contribution in [0.5, 0.6) is 5.75 Å². The molecule has 2 nitrogen and oxygen atoms in total. The number of rotatable bonds is 3. The molecule has 0 atom stereocenters. The Morgan fingerprint density at radius 1 is 1.06 bits per heavy atom. The molecule has 0 aliphatic carbocycles. The SMILES string of the molecule is N#Cc1ccccc1OCc1ccc(Cl)c(Cl)c1. The number of benzene rings is 2. The minimum atomic E-state index is 0.343. The summed E-state index contributed by atoms with van der Waals surface area (Å²) >= 11 is 11.7. The van der Waals surface area contributed by atoms with E-state index in [1.54, 1.807) is 30.3 Å². The molecule has 2 aromatic carbocycles. The van der Waals surface area contributed by atoms with E-state index >= 15 is 0 Å². The Kier molecular flexibility index (Phi) is 4.09. The van der Waals surface area contributed by atoms with Crippen molar-refractivity contribution in [3.63, 3.8) is 0 Å². The van der Waals surface area contributed by atoms with Gasteiger partial charge in [-0.25, -0.2) is 0 Å². The largest absolute Gasteiger partial charge is 0.488 e. The summed E-state index contributed by atoms with van der Waals surface area (Å²) in [6.45, 7) is 0.343. The second kappa shape index (κ2) is 5.77. The van der Waals surface area contributed by atoms with E-state index in [4.69, 9.17) is 33.2 Å². The predicted octanol–water partition coefficient (Wildman–Crippen LogP) is 4.44. The highest BCUT2D eigenvalue weighted by Crippen LogP contribution is 2.24. The summed E-state index contributed by atoms with van der Waals surface area (Å²) in [4.78, 5) is 0. The van der Waals surface area contributed by atoms with Crippen LogP contribution >= 0.6 is 23.2 Å². The van der Waals surface area contributed by atoms with Gasteiger partial charge in [0.05, 0.1) is 15.6 Å². The van der Waals surface area contributed by atoms with Gasteiger partial charge in [-0.3, -0.25) is 0 Å². The van der Waals surface area contributed by atoms with E-state index in [0.29, 0.717) is 28.0 Å². The van der Waals surface area contributed by atoms with Crippen molar-refractivity contribution in [3.05, 3.63) is 63.6 Å². The third-order valence-corrected chi connectivity index (χ3v) is 3.12. The van der Waals surface area contributed by atoms with E-state index in [0.717, 1.165) is 5.56 Å². The van der Waals surface area contributed by atoms with E-state index < -0.39 is 0 Å². The highest BCUT2D eigenvalue weighted by Gasteiger charge is 2.03. The van der Waals surface area contributed by atoms with Gasteiger partial charge in [-0.2, -0.15) is 5.26 Å². The van der Waals surface area contributed by atoms with Gasteiger partial charge in [-0.05, 0) is 29.8 Å². The molecule has 0 saturated carbocycles. The first-order valence-electron chi connectivity index (χ1n) is 5.26. The van der Waals surface area contributed by atoms with E-state index in [2.05, 4.69) is 6.07 Å². The highest BCUT2D eigenvalue weighted by atomic mass is 35.5. The first kappa shape index (κ1) is 12.8. The lowest BCUT2D eigenvalue weighted by Gasteiger charge is -2.08. The first-order valence-corrected chi connectivity index (χ1v) is 6.02. The minimum Gasteiger partial charge on any atom is -0.488 e. The average molecular weight is 278 g/mol. The van der Waals surface area contributed by atoms with Gasteiger partial charge in [-0.1, -0.05) is 41.4 Å². The summed E-state index contributed by atoms with van der Waals surface area (Å²) in [5.74, 6) is 0.561. The fraction of sp³-hybridized carbons (Fsp3) is 0.0714. The van der Waals surface area contributed by atoms with E-state index in [1.165, 1.54) is 0 Å². The standard InChI is InChI=1S/C14H9Cl2NO/c15-12-6-5-10(7-13(12)16)9-18-14-4-2-1-3-11(14)8-17/h1-7H,9H2. The number of para-hydroxylation sites is 1. The van der Waals surface area contributed by atoms with Gasteiger partial charge in [0.2, 0.25) is 0 Å². The van der Waals surface area contributed by atoms with Crippen molar-refractivity contribution in [2.24, 2.45) is 0 Å². The van der Waals surface area contributed by atoms with Crippen molar-refractivity contribution in [1.29, 1.82) is 5.26 Å². The van der Waals surface area contributed by atoms with Gasteiger partial charge in [0, 0.05) is 0 Å². The quantitative estimate of drug-likeness (QED) is 0.831. The molecular formula is C14H9Cl2NO. The fourth-order valence-electron chi connectivity index (χ4n) is 1.48. The molecule has 0 aliphatic rings. The number of hydrogen-bond donors (Lipinski definition) is 0. The molecule has 18 heavy (non-hydrogen) atoms. The summed E-state index contributed by atoms with van der Waals surface area (Å²) in [6.07, 6.45) is 0. The Hall–Kier alpha value is -1.69. The van der Waals surface area contributed by atoms with Crippen molar-refractivity contribution in [3.8, 4) is 11.8 Å². The van der Waals surface area contributed by atoms with Crippen LogP contribution in [-0.2, 0) is 6.61 Å². The molecule has 0 N–H and O–H groups in total. The highest BCUT2D eigenvalue weighted by molar-refractivity contribution is 6.42. The minimum absolute atomic E-state index is 0.343. The molecule has 90 valence electrons. The molecule has 0 fully saturated rings. The van der Waals surface area contributed by atoms with Gasteiger partial charge in [0.25, 0.3) is 0 Å². The monoisotopic (exact) mass is 277 g/mol. The van der Waals surface area contributed by atoms with Crippen LogP contribution in [0.3, 0.4) is 0 Å². The summed E-state index contributed by atoms with van der Waals surface area (Å²) in [6, 6.07) is 14.5. The molecule has 0 aliphatic heterocycles. The summed E-state index contributed by atoms with van der Waals surface area (Å²) in [7, 11) is 0. The van der Waals surface area contributed by atoms with Crippen LogP contribution in [0, 0.1) is 11.3 Å². The van der Waals surface area contributed by atoms with Crippen LogP contribution in [0.2, 0.25) is 10.0 Å². The maximum absolute atomic E-state index is 8.93. The molecule has 2 aromatic rings. The molecule has 0 bridgehead atoms. The van der Waals surface area contributed by atoms with E-state index in [9.17, 15) is 0 Å². The second-order valence-corrected chi connectivity index (χ2v) is 4.46. The number of halogens is 2. The fourth-order valence-corrected chi connectivity index (χ4v) is 1.80. The van der Waals surface area contributed by atoms with Crippen LogP contribution in [0.1, 0.15) is 11.1 Å². The van der Waals surface area contributed by atoms with Crippen LogP contribution in [0.4, 0.5) is 0 Å². The number of hydrogen-bond acceptors (Lipinski definition) is 2. The molecule has 0 unspecified atom stereocenters. The molecule has 2 rings (SSSR count). The van der Waals surface area contributed by atoms with Crippen LogP contribution in [0.25, 0.3) is 0 Å².